The van der Waals surface area contributed by atoms with Gasteiger partial charge in [0.05, 0.1) is 19.8 Å². The largest absolute Gasteiger partial charge is 0.497 e. The van der Waals surface area contributed by atoms with Crippen molar-refractivity contribution in [2.45, 2.75) is 45.1 Å². The molecule has 184 valence electrons. The van der Waals surface area contributed by atoms with Gasteiger partial charge in [-0.3, -0.25) is 0 Å². The fourth-order valence-electron chi connectivity index (χ4n) is 4.69. The van der Waals surface area contributed by atoms with Crippen LogP contribution in [0.4, 0.5) is 4.79 Å². The summed E-state index contributed by atoms with van der Waals surface area (Å²) in [6.45, 7) is 7.64. The van der Waals surface area contributed by atoms with E-state index in [-0.39, 0.29) is 24.8 Å². The highest BCUT2D eigenvalue weighted by Gasteiger charge is 2.38. The minimum absolute atomic E-state index is 0.0103. The molecule has 0 spiro atoms. The lowest BCUT2D eigenvalue weighted by atomic mass is 9.93. The lowest BCUT2D eigenvalue weighted by Gasteiger charge is -2.31. The van der Waals surface area contributed by atoms with Gasteiger partial charge in [0.2, 0.25) is 6.79 Å². The first kappa shape index (κ1) is 24.2. The van der Waals surface area contributed by atoms with E-state index in [1.165, 1.54) is 5.56 Å². The molecule has 34 heavy (non-hydrogen) atoms. The number of rotatable bonds is 10. The zero-order valence-electron chi connectivity index (χ0n) is 20.5. The molecule has 0 bridgehead atoms. The maximum atomic E-state index is 13.7. The average Bonchev–Trinajstić information content (AvgIpc) is 3.53. The standard InChI is InChI=1S/C27H36N2O5/c1-4-6-14-32-15-13-28(5-2)27(30)29-18-22(21-9-12-25-26(17-21)34-19-33-25)16-24(29)20-7-10-23(31-3)11-8-20/h7-12,17,22,24H,4-6,13-16,18-19H2,1-3H3/t22-,24+/m0/s1. The van der Waals surface area contributed by atoms with Gasteiger partial charge < -0.3 is 28.7 Å². The highest BCUT2D eigenvalue weighted by molar-refractivity contribution is 5.75. The van der Waals surface area contributed by atoms with Gasteiger partial charge >= 0.3 is 6.03 Å². The van der Waals surface area contributed by atoms with E-state index in [1.54, 1.807) is 7.11 Å². The Bertz CT molecular complexity index is 949. The summed E-state index contributed by atoms with van der Waals surface area (Å²) in [6, 6.07) is 14.2. The van der Waals surface area contributed by atoms with Crippen LogP contribution in [0.2, 0.25) is 0 Å². The van der Waals surface area contributed by atoms with E-state index >= 15 is 0 Å². The van der Waals surface area contributed by atoms with Crippen molar-refractivity contribution in [1.82, 2.24) is 9.80 Å². The number of ether oxygens (including phenoxy) is 4. The van der Waals surface area contributed by atoms with E-state index in [4.69, 9.17) is 18.9 Å². The van der Waals surface area contributed by atoms with Gasteiger partial charge in [0, 0.05) is 32.2 Å². The van der Waals surface area contributed by atoms with Crippen LogP contribution < -0.4 is 14.2 Å². The number of hydrogen-bond acceptors (Lipinski definition) is 5. The molecule has 2 heterocycles. The molecule has 2 aromatic carbocycles. The Kier molecular flexibility index (Phi) is 8.16. The summed E-state index contributed by atoms with van der Waals surface area (Å²) >= 11 is 0. The highest BCUT2D eigenvalue weighted by Crippen LogP contribution is 2.44. The fourth-order valence-corrected chi connectivity index (χ4v) is 4.69. The van der Waals surface area contributed by atoms with Gasteiger partial charge in [0.25, 0.3) is 0 Å². The number of carbonyl (C=O) groups excluding carboxylic acids is 1. The summed E-state index contributed by atoms with van der Waals surface area (Å²) in [5, 5.41) is 0. The molecule has 7 heteroatoms. The number of nitrogens with zero attached hydrogens (tertiary/aromatic N) is 2. The quantitative estimate of drug-likeness (QED) is 0.448. The number of fused-ring (bicyclic) bond motifs is 1. The van der Waals surface area contributed by atoms with E-state index in [9.17, 15) is 4.79 Å². The first-order valence-electron chi connectivity index (χ1n) is 12.3. The molecule has 2 aliphatic rings. The number of carbonyl (C=O) groups is 1. The van der Waals surface area contributed by atoms with Crippen molar-refractivity contribution in [3.63, 3.8) is 0 Å². The third kappa shape index (κ3) is 5.41. The summed E-state index contributed by atoms with van der Waals surface area (Å²) in [5.41, 5.74) is 2.29. The van der Waals surface area contributed by atoms with Gasteiger partial charge in [-0.1, -0.05) is 31.5 Å². The third-order valence-electron chi connectivity index (χ3n) is 6.72. The summed E-state index contributed by atoms with van der Waals surface area (Å²) in [7, 11) is 1.66. The molecule has 2 amide bonds. The van der Waals surface area contributed by atoms with Gasteiger partial charge in [-0.15, -0.1) is 0 Å². The summed E-state index contributed by atoms with van der Waals surface area (Å²) in [6.07, 6.45) is 3.00. The van der Waals surface area contributed by atoms with Crippen molar-refractivity contribution in [3.05, 3.63) is 53.6 Å². The summed E-state index contributed by atoms with van der Waals surface area (Å²) < 4.78 is 22.2. The van der Waals surface area contributed by atoms with Crippen LogP contribution in [0.3, 0.4) is 0 Å². The topological polar surface area (TPSA) is 60.5 Å². The molecule has 1 saturated heterocycles. The van der Waals surface area contributed by atoms with Gasteiger partial charge in [0.1, 0.15) is 5.75 Å². The number of urea groups is 1. The van der Waals surface area contributed by atoms with Crippen LogP contribution in [0.15, 0.2) is 42.5 Å². The zero-order valence-corrected chi connectivity index (χ0v) is 20.5. The predicted molar refractivity (Wildman–Crippen MR) is 131 cm³/mol. The number of hydrogen-bond donors (Lipinski definition) is 0. The Morgan fingerprint density at radius 3 is 2.56 bits per heavy atom. The first-order chi connectivity index (χ1) is 16.6. The number of methoxy groups -OCH3 is 1. The second-order valence-corrected chi connectivity index (χ2v) is 8.81. The lowest BCUT2D eigenvalue weighted by molar-refractivity contribution is 0.0968. The second-order valence-electron chi connectivity index (χ2n) is 8.81. The smallest absolute Gasteiger partial charge is 0.320 e. The molecule has 7 nitrogen and oxygen atoms in total. The van der Waals surface area contributed by atoms with E-state index in [1.807, 2.05) is 34.9 Å². The van der Waals surface area contributed by atoms with Crippen LogP contribution >= 0.6 is 0 Å². The number of unbranched alkanes of at least 4 members (excludes halogenated alkanes) is 1. The van der Waals surface area contributed by atoms with Gasteiger partial charge in [-0.25, -0.2) is 4.79 Å². The van der Waals surface area contributed by atoms with Crippen LogP contribution in [0.25, 0.3) is 0 Å². The molecule has 0 aromatic heterocycles. The molecule has 2 atom stereocenters. The van der Waals surface area contributed by atoms with E-state index in [2.05, 4.69) is 31.2 Å². The van der Waals surface area contributed by atoms with Gasteiger partial charge in [0.15, 0.2) is 11.5 Å². The molecule has 0 aliphatic carbocycles. The van der Waals surface area contributed by atoms with Crippen molar-refractivity contribution < 1.29 is 23.7 Å². The van der Waals surface area contributed by atoms with Crippen molar-refractivity contribution in [1.29, 1.82) is 0 Å². The maximum Gasteiger partial charge on any atom is 0.320 e. The molecule has 0 saturated carbocycles. The molecule has 0 unspecified atom stereocenters. The summed E-state index contributed by atoms with van der Waals surface area (Å²) in [5.74, 6) is 2.58. The van der Waals surface area contributed by atoms with Gasteiger partial charge in [-0.2, -0.15) is 0 Å². The van der Waals surface area contributed by atoms with Crippen LogP contribution in [0.5, 0.6) is 17.2 Å². The van der Waals surface area contributed by atoms with Crippen molar-refractivity contribution in [2.75, 3.05) is 46.8 Å². The minimum atomic E-state index is -0.0103. The van der Waals surface area contributed by atoms with Crippen molar-refractivity contribution >= 4 is 6.03 Å². The Morgan fingerprint density at radius 2 is 1.82 bits per heavy atom. The van der Waals surface area contributed by atoms with Crippen molar-refractivity contribution in [2.24, 2.45) is 0 Å². The lowest BCUT2D eigenvalue weighted by Crippen LogP contribution is -2.44. The van der Waals surface area contributed by atoms with E-state index in [0.717, 1.165) is 48.7 Å². The second kappa shape index (κ2) is 11.5. The molecule has 2 aliphatic heterocycles. The molecular formula is C27H36N2O5. The maximum absolute atomic E-state index is 13.7. The number of likely N-dealkylation sites (N-methyl/N-ethyl adjacent to an activating group) is 1. The number of amides is 2. The Balaban J connectivity index is 1.53. The molecule has 2 aromatic rings. The number of benzene rings is 2. The molecule has 0 N–H and O–H groups in total. The van der Waals surface area contributed by atoms with Crippen LogP contribution in [-0.4, -0.2) is 62.6 Å². The van der Waals surface area contributed by atoms with Crippen LogP contribution in [-0.2, 0) is 4.74 Å². The monoisotopic (exact) mass is 468 g/mol. The zero-order chi connectivity index (χ0) is 23.9. The Labute approximate surface area is 202 Å². The summed E-state index contributed by atoms with van der Waals surface area (Å²) in [4.78, 5) is 17.6. The molecule has 4 rings (SSSR count). The normalized spacial score (nSPS) is 18.9. The SMILES string of the molecule is CCCCOCCN(CC)C(=O)N1C[C@@H](c2ccc3c(c2)OCO3)C[C@@H]1c1ccc(OC)cc1. The van der Waals surface area contributed by atoms with E-state index in [0.29, 0.717) is 26.2 Å². The number of likely N-dealkylation sites (tertiary alicyclic amines) is 1. The average molecular weight is 469 g/mol. The third-order valence-corrected chi connectivity index (χ3v) is 6.72. The van der Waals surface area contributed by atoms with E-state index < -0.39 is 0 Å². The molecule has 0 radical (unpaired) electrons. The predicted octanol–water partition coefficient (Wildman–Crippen LogP) is 5.21. The minimum Gasteiger partial charge on any atom is -0.497 e. The highest BCUT2D eigenvalue weighted by atomic mass is 16.7. The first-order valence-corrected chi connectivity index (χ1v) is 12.3. The Hall–Kier alpha value is -2.93. The molecular weight excluding hydrogens is 432 g/mol. The van der Waals surface area contributed by atoms with Crippen LogP contribution in [0, 0.1) is 0 Å². The van der Waals surface area contributed by atoms with Gasteiger partial charge in [-0.05, 0) is 55.2 Å². The fraction of sp³-hybridized carbons (Fsp3) is 0.519. The van der Waals surface area contributed by atoms with Crippen molar-refractivity contribution in [3.8, 4) is 17.2 Å². The molecule has 1 fully saturated rings. The van der Waals surface area contributed by atoms with Crippen LogP contribution in [0.1, 0.15) is 56.2 Å². The Morgan fingerprint density at radius 1 is 1.06 bits per heavy atom.